The second kappa shape index (κ2) is 9.03. The number of rotatable bonds is 7. The molecule has 0 spiro atoms. The molecule has 5 heteroatoms. The van der Waals surface area contributed by atoms with Gasteiger partial charge in [0.1, 0.15) is 6.04 Å². The number of nitrogens with one attached hydrogen (secondary N) is 1. The molecule has 0 bridgehead atoms. The second-order valence-corrected chi connectivity index (χ2v) is 5.88. The van der Waals surface area contributed by atoms with E-state index in [2.05, 4.69) is 12.2 Å². The highest BCUT2D eigenvalue weighted by Gasteiger charge is 2.35. The number of carbonyl (C=O) groups excluding carboxylic acids is 2. The summed E-state index contributed by atoms with van der Waals surface area (Å²) in [4.78, 5) is 26.4. The molecule has 1 heterocycles. The van der Waals surface area contributed by atoms with Gasteiger partial charge in [-0.3, -0.25) is 14.5 Å². The van der Waals surface area contributed by atoms with Crippen molar-refractivity contribution in [2.75, 3.05) is 13.2 Å². The Kier molecular flexibility index (Phi) is 7.72. The van der Waals surface area contributed by atoms with Gasteiger partial charge in [0.2, 0.25) is 5.91 Å². The highest BCUT2D eigenvalue weighted by atomic mass is 16.5. The first kappa shape index (κ1) is 18.0. The molecule has 5 nitrogen and oxygen atoms in total. The first-order chi connectivity index (χ1) is 10.0. The van der Waals surface area contributed by atoms with Gasteiger partial charge in [0.25, 0.3) is 0 Å². The van der Waals surface area contributed by atoms with Crippen molar-refractivity contribution >= 4 is 11.9 Å². The van der Waals surface area contributed by atoms with E-state index in [-0.39, 0.29) is 30.0 Å². The van der Waals surface area contributed by atoms with Gasteiger partial charge in [-0.2, -0.15) is 0 Å². The average molecular weight is 298 g/mol. The summed E-state index contributed by atoms with van der Waals surface area (Å²) in [5, 5.41) is 3.04. The topological polar surface area (TPSA) is 58.6 Å². The van der Waals surface area contributed by atoms with Crippen LogP contribution < -0.4 is 5.32 Å². The summed E-state index contributed by atoms with van der Waals surface area (Å²) in [5.41, 5.74) is 0. The predicted octanol–water partition coefficient (Wildman–Crippen LogP) is 2.10. The standard InChI is InChI=1S/C16H30N2O3/c1-5-9-12(3)17-15(19)13(4)18-11-8-7-10-14(18)16(20)21-6-2/h12-14H,5-11H2,1-4H3,(H,17,19). The maximum atomic E-state index is 12.3. The van der Waals surface area contributed by atoms with Crippen LogP contribution in [0.4, 0.5) is 0 Å². The average Bonchev–Trinajstić information content (AvgIpc) is 2.46. The van der Waals surface area contributed by atoms with Crippen LogP contribution in [-0.2, 0) is 14.3 Å². The normalized spacial score (nSPS) is 22.4. The molecule has 1 N–H and O–H groups in total. The lowest BCUT2D eigenvalue weighted by Crippen LogP contribution is -2.55. The van der Waals surface area contributed by atoms with Crippen LogP contribution in [0.1, 0.15) is 59.8 Å². The summed E-state index contributed by atoms with van der Waals surface area (Å²) >= 11 is 0. The van der Waals surface area contributed by atoms with Gasteiger partial charge in [-0.1, -0.05) is 19.8 Å². The van der Waals surface area contributed by atoms with Gasteiger partial charge in [-0.05, 0) is 46.6 Å². The van der Waals surface area contributed by atoms with E-state index in [1.807, 2.05) is 25.7 Å². The fourth-order valence-corrected chi connectivity index (χ4v) is 2.93. The van der Waals surface area contributed by atoms with E-state index < -0.39 is 0 Å². The van der Waals surface area contributed by atoms with Gasteiger partial charge < -0.3 is 10.1 Å². The van der Waals surface area contributed by atoms with Crippen LogP contribution in [0.5, 0.6) is 0 Å². The Bertz CT molecular complexity index is 346. The van der Waals surface area contributed by atoms with E-state index in [0.717, 1.165) is 38.6 Å². The number of esters is 1. The number of piperidine rings is 1. The molecule has 3 unspecified atom stereocenters. The molecular weight excluding hydrogens is 268 g/mol. The van der Waals surface area contributed by atoms with Crippen LogP contribution in [0.3, 0.4) is 0 Å². The molecule has 0 aromatic carbocycles. The number of carbonyl (C=O) groups is 2. The second-order valence-electron chi connectivity index (χ2n) is 5.88. The molecule has 21 heavy (non-hydrogen) atoms. The van der Waals surface area contributed by atoms with Gasteiger partial charge >= 0.3 is 5.97 Å². The smallest absolute Gasteiger partial charge is 0.323 e. The molecular formula is C16H30N2O3. The largest absolute Gasteiger partial charge is 0.465 e. The molecule has 0 aromatic rings. The van der Waals surface area contributed by atoms with Crippen LogP contribution in [0.15, 0.2) is 0 Å². The summed E-state index contributed by atoms with van der Waals surface area (Å²) in [6.45, 7) is 8.98. The molecule has 0 aliphatic carbocycles. The van der Waals surface area contributed by atoms with Crippen LogP contribution in [0.2, 0.25) is 0 Å². The lowest BCUT2D eigenvalue weighted by molar-refractivity contribution is -0.153. The Labute approximate surface area is 128 Å². The lowest BCUT2D eigenvalue weighted by Gasteiger charge is -2.37. The molecule has 1 aliphatic rings. The van der Waals surface area contributed by atoms with Crippen LogP contribution in [0, 0.1) is 0 Å². The number of amides is 1. The number of ether oxygens (including phenoxy) is 1. The Morgan fingerprint density at radius 3 is 2.62 bits per heavy atom. The highest BCUT2D eigenvalue weighted by Crippen LogP contribution is 2.21. The molecule has 1 aliphatic heterocycles. The van der Waals surface area contributed by atoms with E-state index in [9.17, 15) is 9.59 Å². The number of nitrogens with zero attached hydrogens (tertiary/aromatic N) is 1. The molecule has 122 valence electrons. The van der Waals surface area contributed by atoms with Crippen LogP contribution >= 0.6 is 0 Å². The van der Waals surface area contributed by atoms with Crippen molar-refractivity contribution in [3.8, 4) is 0 Å². The Morgan fingerprint density at radius 1 is 1.29 bits per heavy atom. The highest BCUT2D eigenvalue weighted by molar-refractivity contribution is 5.83. The van der Waals surface area contributed by atoms with Crippen molar-refractivity contribution in [3.63, 3.8) is 0 Å². The van der Waals surface area contributed by atoms with Gasteiger partial charge in [0, 0.05) is 6.04 Å². The Balaban J connectivity index is 2.65. The molecule has 1 rings (SSSR count). The molecule has 1 saturated heterocycles. The fourth-order valence-electron chi connectivity index (χ4n) is 2.93. The maximum absolute atomic E-state index is 12.3. The monoisotopic (exact) mass is 298 g/mol. The summed E-state index contributed by atoms with van der Waals surface area (Å²) in [5.74, 6) is -0.189. The van der Waals surface area contributed by atoms with Crippen molar-refractivity contribution in [1.82, 2.24) is 10.2 Å². The zero-order chi connectivity index (χ0) is 15.8. The Morgan fingerprint density at radius 2 is 2.00 bits per heavy atom. The van der Waals surface area contributed by atoms with Crippen LogP contribution in [0.25, 0.3) is 0 Å². The van der Waals surface area contributed by atoms with Crippen molar-refractivity contribution in [2.45, 2.75) is 77.9 Å². The predicted molar refractivity (Wildman–Crippen MR) is 83.0 cm³/mol. The van der Waals surface area contributed by atoms with E-state index in [1.54, 1.807) is 0 Å². The lowest BCUT2D eigenvalue weighted by atomic mass is 9.99. The van der Waals surface area contributed by atoms with Gasteiger partial charge in [-0.25, -0.2) is 0 Å². The molecule has 3 atom stereocenters. The molecule has 1 fully saturated rings. The van der Waals surface area contributed by atoms with E-state index >= 15 is 0 Å². The zero-order valence-corrected chi connectivity index (χ0v) is 13.9. The summed E-state index contributed by atoms with van der Waals surface area (Å²) in [6, 6.07) is -0.393. The first-order valence-corrected chi connectivity index (χ1v) is 8.24. The Hall–Kier alpha value is -1.10. The molecule has 0 aromatic heterocycles. The summed E-state index contributed by atoms with van der Waals surface area (Å²) < 4.78 is 5.15. The minimum atomic E-state index is -0.293. The van der Waals surface area contributed by atoms with Crippen molar-refractivity contribution in [1.29, 1.82) is 0 Å². The summed E-state index contributed by atoms with van der Waals surface area (Å²) in [7, 11) is 0. The number of likely N-dealkylation sites (tertiary alicyclic amines) is 1. The van der Waals surface area contributed by atoms with Gasteiger partial charge in [0.15, 0.2) is 0 Å². The van der Waals surface area contributed by atoms with Crippen molar-refractivity contribution < 1.29 is 14.3 Å². The minimum absolute atomic E-state index is 0.00662. The number of hydrogen-bond acceptors (Lipinski definition) is 4. The fraction of sp³-hybridized carbons (Fsp3) is 0.875. The van der Waals surface area contributed by atoms with E-state index in [4.69, 9.17) is 4.74 Å². The van der Waals surface area contributed by atoms with Crippen LogP contribution in [-0.4, -0.2) is 48.1 Å². The quantitative estimate of drug-likeness (QED) is 0.731. The molecule has 0 saturated carbocycles. The third-order valence-corrected chi connectivity index (χ3v) is 4.09. The SMILES string of the molecule is CCCC(C)NC(=O)C(C)N1CCCCC1C(=O)OCC. The number of hydrogen-bond donors (Lipinski definition) is 1. The van der Waals surface area contributed by atoms with Crippen molar-refractivity contribution in [2.24, 2.45) is 0 Å². The zero-order valence-electron chi connectivity index (χ0n) is 13.9. The third kappa shape index (κ3) is 5.30. The summed E-state index contributed by atoms with van der Waals surface area (Å²) in [6.07, 6.45) is 4.84. The third-order valence-electron chi connectivity index (χ3n) is 4.09. The molecule has 1 amide bonds. The van der Waals surface area contributed by atoms with Gasteiger partial charge in [0.05, 0.1) is 12.6 Å². The maximum Gasteiger partial charge on any atom is 0.323 e. The van der Waals surface area contributed by atoms with E-state index in [1.165, 1.54) is 0 Å². The molecule has 0 radical (unpaired) electrons. The van der Waals surface area contributed by atoms with E-state index in [0.29, 0.717) is 6.61 Å². The first-order valence-electron chi connectivity index (χ1n) is 8.24. The minimum Gasteiger partial charge on any atom is -0.465 e. The van der Waals surface area contributed by atoms with Crippen molar-refractivity contribution in [3.05, 3.63) is 0 Å². The van der Waals surface area contributed by atoms with Gasteiger partial charge in [-0.15, -0.1) is 0 Å².